The van der Waals surface area contributed by atoms with Crippen LogP contribution in [0.1, 0.15) is 22.3 Å². The van der Waals surface area contributed by atoms with Gasteiger partial charge in [0.1, 0.15) is 18.4 Å². The summed E-state index contributed by atoms with van der Waals surface area (Å²) in [6, 6.07) is 12.8. The van der Waals surface area contributed by atoms with Gasteiger partial charge in [-0.3, -0.25) is 4.79 Å². The van der Waals surface area contributed by atoms with E-state index in [9.17, 15) is 4.79 Å². The highest BCUT2D eigenvalue weighted by Crippen LogP contribution is 2.22. The van der Waals surface area contributed by atoms with Crippen LogP contribution < -0.4 is 10.5 Å². The fraction of sp³-hybridized carbons (Fsp3) is 0.316. The molecule has 4 nitrogen and oxygen atoms in total. The minimum absolute atomic E-state index is 0.244. The lowest BCUT2D eigenvalue weighted by molar-refractivity contribution is -0.146. The second-order valence-electron chi connectivity index (χ2n) is 5.64. The van der Waals surface area contributed by atoms with Gasteiger partial charge in [0.25, 0.3) is 0 Å². The van der Waals surface area contributed by atoms with E-state index in [1.54, 1.807) is 7.11 Å². The topological polar surface area (TPSA) is 61.5 Å². The summed E-state index contributed by atoms with van der Waals surface area (Å²) in [7, 11) is 1.64. The van der Waals surface area contributed by atoms with Gasteiger partial charge in [0.05, 0.1) is 7.11 Å². The molecule has 2 aromatic carbocycles. The molecule has 2 rings (SSSR count). The molecular weight excluding hydrogens is 290 g/mol. The first-order valence-corrected chi connectivity index (χ1v) is 7.61. The summed E-state index contributed by atoms with van der Waals surface area (Å²) in [5.74, 6) is 0.424. The van der Waals surface area contributed by atoms with Crippen LogP contribution in [-0.4, -0.2) is 19.1 Å². The van der Waals surface area contributed by atoms with Gasteiger partial charge in [-0.25, -0.2) is 0 Å². The van der Waals surface area contributed by atoms with Crippen molar-refractivity contribution in [1.29, 1.82) is 0 Å². The summed E-state index contributed by atoms with van der Waals surface area (Å²) in [5.41, 5.74) is 10.2. The molecule has 122 valence electrons. The van der Waals surface area contributed by atoms with Crippen LogP contribution in [0, 0.1) is 13.8 Å². The molecule has 1 atom stereocenters. The van der Waals surface area contributed by atoms with Crippen molar-refractivity contribution in [2.24, 2.45) is 5.73 Å². The Morgan fingerprint density at radius 2 is 1.74 bits per heavy atom. The number of rotatable bonds is 6. The van der Waals surface area contributed by atoms with E-state index in [2.05, 4.69) is 0 Å². The Labute approximate surface area is 137 Å². The van der Waals surface area contributed by atoms with Crippen molar-refractivity contribution >= 4 is 5.97 Å². The van der Waals surface area contributed by atoms with E-state index in [0.717, 1.165) is 28.0 Å². The normalized spacial score (nSPS) is 11.8. The Balaban J connectivity index is 1.98. The monoisotopic (exact) mass is 313 g/mol. The van der Waals surface area contributed by atoms with Gasteiger partial charge in [0, 0.05) is 0 Å². The molecule has 0 aliphatic rings. The van der Waals surface area contributed by atoms with Gasteiger partial charge in [-0.2, -0.15) is 0 Å². The van der Waals surface area contributed by atoms with Crippen LogP contribution in [0.25, 0.3) is 0 Å². The highest BCUT2D eigenvalue weighted by molar-refractivity contribution is 5.76. The van der Waals surface area contributed by atoms with E-state index >= 15 is 0 Å². The van der Waals surface area contributed by atoms with Crippen molar-refractivity contribution in [2.75, 3.05) is 7.11 Å². The summed E-state index contributed by atoms with van der Waals surface area (Å²) in [6.45, 7) is 4.23. The van der Waals surface area contributed by atoms with Crippen LogP contribution in [-0.2, 0) is 22.6 Å². The number of carbonyl (C=O) groups excluding carboxylic acids is 1. The Morgan fingerprint density at radius 1 is 1.13 bits per heavy atom. The lowest BCUT2D eigenvalue weighted by Gasteiger charge is -2.16. The largest absolute Gasteiger partial charge is 0.497 e. The quantitative estimate of drug-likeness (QED) is 0.833. The molecule has 0 aromatic heterocycles. The molecule has 0 radical (unpaired) electrons. The van der Waals surface area contributed by atoms with Gasteiger partial charge in [-0.1, -0.05) is 30.3 Å². The number of esters is 1. The first kappa shape index (κ1) is 17.0. The zero-order chi connectivity index (χ0) is 16.8. The van der Waals surface area contributed by atoms with Crippen molar-refractivity contribution in [2.45, 2.75) is 32.9 Å². The smallest absolute Gasteiger partial charge is 0.323 e. The fourth-order valence-electron chi connectivity index (χ4n) is 2.53. The number of aryl methyl sites for hydroxylation is 2. The number of ether oxygens (including phenoxy) is 2. The molecule has 0 saturated carbocycles. The van der Waals surface area contributed by atoms with Crippen molar-refractivity contribution < 1.29 is 14.3 Å². The van der Waals surface area contributed by atoms with Gasteiger partial charge in [0.2, 0.25) is 0 Å². The molecule has 0 heterocycles. The van der Waals surface area contributed by atoms with E-state index in [4.69, 9.17) is 15.2 Å². The molecule has 23 heavy (non-hydrogen) atoms. The van der Waals surface area contributed by atoms with Gasteiger partial charge in [0.15, 0.2) is 0 Å². The Bertz CT molecular complexity index is 645. The summed E-state index contributed by atoms with van der Waals surface area (Å²) in [5, 5.41) is 0. The van der Waals surface area contributed by atoms with E-state index in [1.807, 2.05) is 56.3 Å². The highest BCUT2D eigenvalue weighted by atomic mass is 16.5. The number of carbonyl (C=O) groups is 1. The number of hydrogen-bond donors (Lipinski definition) is 1. The third-order valence-corrected chi connectivity index (χ3v) is 3.86. The molecule has 0 aliphatic carbocycles. The lowest BCUT2D eigenvalue weighted by atomic mass is 9.96. The zero-order valence-electron chi connectivity index (χ0n) is 13.8. The maximum atomic E-state index is 12.1. The van der Waals surface area contributed by atoms with Crippen LogP contribution in [0.4, 0.5) is 0 Å². The van der Waals surface area contributed by atoms with Crippen molar-refractivity contribution in [3.63, 3.8) is 0 Å². The first-order valence-electron chi connectivity index (χ1n) is 7.61. The van der Waals surface area contributed by atoms with Gasteiger partial charge < -0.3 is 15.2 Å². The molecule has 0 amide bonds. The van der Waals surface area contributed by atoms with Crippen molar-refractivity contribution in [1.82, 2.24) is 0 Å². The number of methoxy groups -OCH3 is 1. The third-order valence-electron chi connectivity index (χ3n) is 3.86. The molecule has 0 aliphatic heterocycles. The van der Waals surface area contributed by atoms with E-state index in [0.29, 0.717) is 6.42 Å². The van der Waals surface area contributed by atoms with E-state index < -0.39 is 6.04 Å². The minimum Gasteiger partial charge on any atom is -0.497 e. The van der Waals surface area contributed by atoms with Crippen LogP contribution in [0.5, 0.6) is 5.75 Å². The molecule has 0 fully saturated rings. The average molecular weight is 313 g/mol. The molecule has 0 bridgehead atoms. The van der Waals surface area contributed by atoms with Gasteiger partial charge >= 0.3 is 5.97 Å². The minimum atomic E-state index is -0.676. The fourth-order valence-corrected chi connectivity index (χ4v) is 2.53. The second kappa shape index (κ2) is 7.79. The van der Waals surface area contributed by atoms with Gasteiger partial charge in [-0.15, -0.1) is 0 Å². The number of benzene rings is 2. The lowest BCUT2D eigenvalue weighted by Crippen LogP contribution is -2.34. The van der Waals surface area contributed by atoms with Crippen molar-refractivity contribution in [3.8, 4) is 5.75 Å². The molecule has 0 saturated heterocycles. The Kier molecular flexibility index (Phi) is 5.77. The number of nitrogens with two attached hydrogens (primary N) is 1. The summed E-state index contributed by atoms with van der Waals surface area (Å²) in [4.78, 5) is 12.1. The van der Waals surface area contributed by atoms with Crippen LogP contribution >= 0.6 is 0 Å². The SMILES string of the molecule is COc1cc(C)c(C[C@H](N)C(=O)OCc2ccccc2)c(C)c1. The Hall–Kier alpha value is -2.33. The molecule has 2 N–H and O–H groups in total. The first-order chi connectivity index (χ1) is 11.0. The molecule has 4 heteroatoms. The predicted octanol–water partition coefficient (Wildman–Crippen LogP) is 2.93. The summed E-state index contributed by atoms with van der Waals surface area (Å²) < 4.78 is 10.5. The third kappa shape index (κ3) is 4.57. The standard InChI is InChI=1S/C19H23NO3/c1-13-9-16(22-3)10-14(2)17(13)11-18(20)19(21)23-12-15-7-5-4-6-8-15/h4-10,18H,11-12,20H2,1-3H3/t18-/m0/s1. The van der Waals surface area contributed by atoms with E-state index in [-0.39, 0.29) is 12.6 Å². The van der Waals surface area contributed by atoms with E-state index in [1.165, 1.54) is 0 Å². The average Bonchev–Trinajstić information content (AvgIpc) is 2.56. The Morgan fingerprint density at radius 3 is 2.30 bits per heavy atom. The summed E-state index contributed by atoms with van der Waals surface area (Å²) in [6.07, 6.45) is 0.454. The molecular formula is C19H23NO3. The molecule has 0 spiro atoms. The zero-order valence-corrected chi connectivity index (χ0v) is 13.8. The van der Waals surface area contributed by atoms with Crippen molar-refractivity contribution in [3.05, 3.63) is 64.7 Å². The maximum absolute atomic E-state index is 12.1. The second-order valence-corrected chi connectivity index (χ2v) is 5.64. The summed E-state index contributed by atoms with van der Waals surface area (Å²) >= 11 is 0. The highest BCUT2D eigenvalue weighted by Gasteiger charge is 2.18. The number of hydrogen-bond acceptors (Lipinski definition) is 4. The molecule has 2 aromatic rings. The molecule has 0 unspecified atom stereocenters. The van der Waals surface area contributed by atoms with Crippen LogP contribution in [0.2, 0.25) is 0 Å². The van der Waals surface area contributed by atoms with Crippen LogP contribution in [0.15, 0.2) is 42.5 Å². The maximum Gasteiger partial charge on any atom is 0.323 e. The van der Waals surface area contributed by atoms with Gasteiger partial charge in [-0.05, 0) is 54.7 Å². The van der Waals surface area contributed by atoms with Crippen LogP contribution in [0.3, 0.4) is 0 Å². The predicted molar refractivity (Wildman–Crippen MR) is 90.4 cm³/mol.